The van der Waals surface area contributed by atoms with E-state index >= 15 is 0 Å². The minimum atomic E-state index is 0.455. The zero-order chi connectivity index (χ0) is 15.1. The third-order valence-corrected chi connectivity index (χ3v) is 4.11. The van der Waals surface area contributed by atoms with Crippen molar-refractivity contribution in [3.8, 4) is 0 Å². The molecule has 1 unspecified atom stereocenters. The van der Waals surface area contributed by atoms with Crippen LogP contribution in [0.3, 0.4) is 0 Å². The maximum atomic E-state index is 6.15. The first-order valence-electron chi connectivity index (χ1n) is 7.77. The summed E-state index contributed by atoms with van der Waals surface area (Å²) in [5.41, 5.74) is 4.09. The third kappa shape index (κ3) is 4.87. The van der Waals surface area contributed by atoms with Crippen molar-refractivity contribution >= 4 is 11.6 Å². The number of likely N-dealkylation sites (N-methyl/N-ethyl adjacent to an activating group) is 1. The molecule has 0 fully saturated rings. The van der Waals surface area contributed by atoms with Gasteiger partial charge in [0.15, 0.2) is 0 Å². The Morgan fingerprint density at radius 2 is 1.71 bits per heavy atom. The van der Waals surface area contributed by atoms with E-state index in [1.807, 2.05) is 12.1 Å². The second kappa shape index (κ2) is 8.21. The molecule has 0 aliphatic heterocycles. The van der Waals surface area contributed by atoms with Gasteiger partial charge in [0.2, 0.25) is 0 Å². The molecule has 0 amide bonds. The molecule has 1 N–H and O–H groups in total. The van der Waals surface area contributed by atoms with Crippen LogP contribution in [-0.2, 0) is 12.8 Å². The van der Waals surface area contributed by atoms with Crippen molar-refractivity contribution in [2.24, 2.45) is 0 Å². The van der Waals surface area contributed by atoms with Crippen LogP contribution in [-0.4, -0.2) is 13.1 Å². The van der Waals surface area contributed by atoms with Gasteiger partial charge in [0.25, 0.3) is 0 Å². The molecule has 0 aromatic heterocycles. The van der Waals surface area contributed by atoms with E-state index in [0.717, 1.165) is 31.0 Å². The predicted molar refractivity (Wildman–Crippen MR) is 92.3 cm³/mol. The van der Waals surface area contributed by atoms with Crippen LogP contribution in [0, 0.1) is 0 Å². The molecule has 0 aliphatic rings. The first kappa shape index (κ1) is 16.1. The molecule has 0 saturated heterocycles. The van der Waals surface area contributed by atoms with Gasteiger partial charge in [-0.25, -0.2) is 0 Å². The van der Waals surface area contributed by atoms with Crippen molar-refractivity contribution in [2.75, 3.05) is 13.1 Å². The fraction of sp³-hybridized carbons (Fsp3) is 0.368. The molecular weight excluding hydrogens is 278 g/mol. The number of aryl methyl sites for hydroxylation is 1. The number of hydrogen-bond acceptors (Lipinski definition) is 1. The summed E-state index contributed by atoms with van der Waals surface area (Å²) in [7, 11) is 0. The summed E-state index contributed by atoms with van der Waals surface area (Å²) in [5, 5.41) is 4.28. The van der Waals surface area contributed by atoms with E-state index in [1.165, 1.54) is 16.7 Å². The maximum absolute atomic E-state index is 6.15. The van der Waals surface area contributed by atoms with E-state index in [9.17, 15) is 0 Å². The highest BCUT2D eigenvalue weighted by atomic mass is 35.5. The molecule has 0 aliphatic carbocycles. The first-order chi connectivity index (χ1) is 10.2. The van der Waals surface area contributed by atoms with Gasteiger partial charge in [-0.3, -0.25) is 0 Å². The highest BCUT2D eigenvalue weighted by molar-refractivity contribution is 6.30. The molecule has 21 heavy (non-hydrogen) atoms. The standard InChI is InChI=1S/C19H24ClN/c1-3-15-8-10-16(11-9-15)12-18(14-21-4-2)17-6-5-7-19(20)13-17/h5-11,13,18,21H,3-4,12,14H2,1-2H3. The van der Waals surface area contributed by atoms with Crippen LogP contribution in [0.1, 0.15) is 36.5 Å². The average Bonchev–Trinajstić information content (AvgIpc) is 2.52. The van der Waals surface area contributed by atoms with Crippen LogP contribution in [0.4, 0.5) is 0 Å². The lowest BCUT2D eigenvalue weighted by Gasteiger charge is -2.18. The second-order valence-electron chi connectivity index (χ2n) is 5.43. The first-order valence-corrected chi connectivity index (χ1v) is 8.14. The Morgan fingerprint density at radius 1 is 1.00 bits per heavy atom. The van der Waals surface area contributed by atoms with E-state index in [0.29, 0.717) is 5.92 Å². The fourth-order valence-corrected chi connectivity index (χ4v) is 2.78. The topological polar surface area (TPSA) is 12.0 Å². The lowest BCUT2D eigenvalue weighted by molar-refractivity contribution is 0.595. The largest absolute Gasteiger partial charge is 0.316 e. The van der Waals surface area contributed by atoms with E-state index < -0.39 is 0 Å². The number of halogens is 1. The Morgan fingerprint density at radius 3 is 2.33 bits per heavy atom. The normalized spacial score (nSPS) is 12.3. The van der Waals surface area contributed by atoms with Gasteiger partial charge in [0, 0.05) is 17.5 Å². The third-order valence-electron chi connectivity index (χ3n) is 3.87. The Kier molecular flexibility index (Phi) is 6.28. The summed E-state index contributed by atoms with van der Waals surface area (Å²) in [5.74, 6) is 0.455. The molecule has 1 atom stereocenters. The summed E-state index contributed by atoms with van der Waals surface area (Å²) in [6, 6.07) is 17.2. The van der Waals surface area contributed by atoms with Gasteiger partial charge < -0.3 is 5.32 Å². The molecule has 2 aromatic rings. The molecule has 0 bridgehead atoms. The van der Waals surface area contributed by atoms with Crippen molar-refractivity contribution in [3.05, 3.63) is 70.2 Å². The Hall–Kier alpha value is -1.31. The number of benzene rings is 2. The fourth-order valence-electron chi connectivity index (χ4n) is 2.58. The smallest absolute Gasteiger partial charge is 0.0408 e. The highest BCUT2D eigenvalue weighted by Gasteiger charge is 2.12. The summed E-state index contributed by atoms with van der Waals surface area (Å²) in [4.78, 5) is 0. The van der Waals surface area contributed by atoms with Crippen molar-refractivity contribution in [3.63, 3.8) is 0 Å². The summed E-state index contributed by atoms with van der Waals surface area (Å²) < 4.78 is 0. The Bertz CT molecular complexity index is 548. The van der Waals surface area contributed by atoms with Crippen LogP contribution in [0.5, 0.6) is 0 Å². The lowest BCUT2D eigenvalue weighted by Crippen LogP contribution is -2.22. The van der Waals surface area contributed by atoms with E-state index in [2.05, 4.69) is 55.6 Å². The molecule has 1 nitrogen and oxygen atoms in total. The average molecular weight is 302 g/mol. The van der Waals surface area contributed by atoms with Gasteiger partial charge in [-0.1, -0.05) is 61.8 Å². The van der Waals surface area contributed by atoms with Crippen LogP contribution in [0.15, 0.2) is 48.5 Å². The zero-order valence-electron chi connectivity index (χ0n) is 12.9. The van der Waals surface area contributed by atoms with Gasteiger partial charge in [-0.15, -0.1) is 0 Å². The Balaban J connectivity index is 2.15. The quantitative estimate of drug-likeness (QED) is 0.772. The number of rotatable bonds is 7. The molecule has 2 heteroatoms. The molecule has 2 aromatic carbocycles. The predicted octanol–water partition coefficient (Wildman–Crippen LogP) is 4.84. The molecule has 0 spiro atoms. The van der Waals surface area contributed by atoms with Gasteiger partial charge in [0.1, 0.15) is 0 Å². The SMILES string of the molecule is CCNCC(Cc1ccc(CC)cc1)c1cccc(Cl)c1. The lowest BCUT2D eigenvalue weighted by atomic mass is 9.91. The number of hydrogen-bond donors (Lipinski definition) is 1. The maximum Gasteiger partial charge on any atom is 0.0408 e. The zero-order valence-corrected chi connectivity index (χ0v) is 13.7. The van der Waals surface area contributed by atoms with Crippen LogP contribution in [0.25, 0.3) is 0 Å². The van der Waals surface area contributed by atoms with Gasteiger partial charge >= 0.3 is 0 Å². The molecule has 0 saturated carbocycles. The monoisotopic (exact) mass is 301 g/mol. The van der Waals surface area contributed by atoms with Crippen LogP contribution in [0.2, 0.25) is 5.02 Å². The second-order valence-corrected chi connectivity index (χ2v) is 5.87. The van der Waals surface area contributed by atoms with Crippen LogP contribution >= 0.6 is 11.6 Å². The Labute approximate surface area is 133 Å². The van der Waals surface area contributed by atoms with Crippen molar-refractivity contribution in [1.29, 1.82) is 0 Å². The molecular formula is C19H24ClN. The summed E-state index contributed by atoms with van der Waals surface area (Å²) in [6.07, 6.45) is 2.13. The van der Waals surface area contributed by atoms with E-state index in [4.69, 9.17) is 11.6 Å². The molecule has 0 heterocycles. The van der Waals surface area contributed by atoms with Crippen LogP contribution < -0.4 is 5.32 Å². The minimum Gasteiger partial charge on any atom is -0.316 e. The van der Waals surface area contributed by atoms with Gasteiger partial charge in [0.05, 0.1) is 0 Å². The highest BCUT2D eigenvalue weighted by Crippen LogP contribution is 2.23. The van der Waals surface area contributed by atoms with Crippen molar-refractivity contribution < 1.29 is 0 Å². The molecule has 0 radical (unpaired) electrons. The molecule has 112 valence electrons. The van der Waals surface area contributed by atoms with Crippen molar-refractivity contribution in [1.82, 2.24) is 5.32 Å². The van der Waals surface area contributed by atoms with E-state index in [1.54, 1.807) is 0 Å². The van der Waals surface area contributed by atoms with Crippen molar-refractivity contribution in [2.45, 2.75) is 32.6 Å². The van der Waals surface area contributed by atoms with E-state index in [-0.39, 0.29) is 0 Å². The molecule has 2 rings (SSSR count). The summed E-state index contributed by atoms with van der Waals surface area (Å²) >= 11 is 6.15. The summed E-state index contributed by atoms with van der Waals surface area (Å²) in [6.45, 7) is 6.30. The number of nitrogens with one attached hydrogen (secondary N) is 1. The minimum absolute atomic E-state index is 0.455. The van der Waals surface area contributed by atoms with Gasteiger partial charge in [-0.2, -0.15) is 0 Å². The van der Waals surface area contributed by atoms with Gasteiger partial charge in [-0.05, 0) is 48.2 Å².